The second-order valence-corrected chi connectivity index (χ2v) is 4.91. The van der Waals surface area contributed by atoms with Crippen LogP contribution < -0.4 is 0 Å². The molecule has 98 valence electrons. The highest BCUT2D eigenvalue weighted by atomic mass is 79.9. The Labute approximate surface area is 120 Å². The number of nitrogens with zero attached hydrogens (tertiary/aromatic N) is 2. The molecular weight excluding hydrogens is 308 g/mol. The van der Waals surface area contributed by atoms with Crippen LogP contribution in [0.3, 0.4) is 0 Å². The minimum Gasteiger partial charge on any atom is -0.462 e. The van der Waals surface area contributed by atoms with Gasteiger partial charge in [0.1, 0.15) is 0 Å². The summed E-state index contributed by atoms with van der Waals surface area (Å²) in [5, 5.41) is 0. The van der Waals surface area contributed by atoms with E-state index in [1.807, 2.05) is 18.3 Å². The van der Waals surface area contributed by atoms with Gasteiger partial charge in [-0.2, -0.15) is 0 Å². The number of hydrogen-bond donors (Lipinski definition) is 0. The lowest BCUT2D eigenvalue weighted by atomic mass is 10.2. The van der Waals surface area contributed by atoms with E-state index >= 15 is 0 Å². The Morgan fingerprint density at radius 1 is 1.26 bits per heavy atom. The summed E-state index contributed by atoms with van der Waals surface area (Å²) in [7, 11) is 0. The molecule has 2 heterocycles. The van der Waals surface area contributed by atoms with E-state index in [0.29, 0.717) is 12.2 Å². The Kier molecular flexibility index (Phi) is 5.03. The number of pyridine rings is 2. The van der Waals surface area contributed by atoms with Crippen molar-refractivity contribution < 1.29 is 9.53 Å². The quantitative estimate of drug-likeness (QED) is 0.627. The van der Waals surface area contributed by atoms with Gasteiger partial charge >= 0.3 is 5.97 Å². The highest BCUT2D eigenvalue weighted by Gasteiger charge is 2.07. The average molecular weight is 321 g/mol. The van der Waals surface area contributed by atoms with E-state index < -0.39 is 0 Å². The van der Waals surface area contributed by atoms with E-state index in [9.17, 15) is 4.79 Å². The summed E-state index contributed by atoms with van der Waals surface area (Å²) in [6.07, 6.45) is 8.30. The number of rotatable bonds is 5. The summed E-state index contributed by atoms with van der Waals surface area (Å²) in [6.45, 7) is 0.389. The molecule has 2 rings (SSSR count). The van der Waals surface area contributed by atoms with Crippen LogP contribution >= 0.6 is 15.9 Å². The number of halogens is 1. The molecule has 4 nitrogen and oxygen atoms in total. The van der Waals surface area contributed by atoms with Crippen LogP contribution in [-0.4, -0.2) is 22.5 Å². The molecule has 0 radical (unpaired) electrons. The van der Waals surface area contributed by atoms with Crippen LogP contribution in [0.4, 0.5) is 0 Å². The maximum Gasteiger partial charge on any atom is 0.339 e. The third kappa shape index (κ3) is 4.44. The van der Waals surface area contributed by atoms with E-state index in [1.165, 1.54) is 6.20 Å². The van der Waals surface area contributed by atoms with Gasteiger partial charge in [-0.25, -0.2) is 4.79 Å². The van der Waals surface area contributed by atoms with Gasteiger partial charge in [-0.15, -0.1) is 0 Å². The standard InChI is InChI=1S/C14H13BrN2O2/c15-13-7-12(9-17-10-13)14(18)19-6-2-4-11-3-1-5-16-8-11/h1,3,5,7-10H,2,4,6H2. The van der Waals surface area contributed by atoms with Gasteiger partial charge in [0.25, 0.3) is 0 Å². The number of aromatic nitrogens is 2. The number of hydrogen-bond acceptors (Lipinski definition) is 4. The summed E-state index contributed by atoms with van der Waals surface area (Å²) < 4.78 is 5.95. The van der Waals surface area contributed by atoms with Crippen LogP contribution in [0.5, 0.6) is 0 Å². The Balaban J connectivity index is 1.75. The largest absolute Gasteiger partial charge is 0.462 e. The summed E-state index contributed by atoms with van der Waals surface area (Å²) >= 11 is 3.27. The second kappa shape index (κ2) is 6.99. The molecule has 0 spiro atoms. The zero-order chi connectivity index (χ0) is 13.5. The lowest BCUT2D eigenvalue weighted by Crippen LogP contribution is -2.07. The van der Waals surface area contributed by atoms with Crippen LogP contribution in [0.15, 0.2) is 47.5 Å². The molecular formula is C14H13BrN2O2. The van der Waals surface area contributed by atoms with E-state index in [-0.39, 0.29) is 5.97 Å². The van der Waals surface area contributed by atoms with Crippen molar-refractivity contribution in [3.63, 3.8) is 0 Å². The van der Waals surface area contributed by atoms with Crippen LogP contribution in [0.25, 0.3) is 0 Å². The number of esters is 1. The maximum atomic E-state index is 11.7. The monoisotopic (exact) mass is 320 g/mol. The minimum atomic E-state index is -0.347. The van der Waals surface area contributed by atoms with E-state index in [4.69, 9.17) is 4.74 Å². The van der Waals surface area contributed by atoms with Gasteiger partial charge in [0.05, 0.1) is 12.2 Å². The van der Waals surface area contributed by atoms with Crippen molar-refractivity contribution >= 4 is 21.9 Å². The van der Waals surface area contributed by atoms with Crippen molar-refractivity contribution in [2.45, 2.75) is 12.8 Å². The molecule has 0 saturated carbocycles. The summed E-state index contributed by atoms with van der Waals surface area (Å²) in [5.41, 5.74) is 1.60. The molecule has 5 heteroatoms. The normalized spacial score (nSPS) is 10.2. The Morgan fingerprint density at radius 2 is 2.16 bits per heavy atom. The molecule has 0 aliphatic heterocycles. The summed E-state index contributed by atoms with van der Waals surface area (Å²) in [4.78, 5) is 19.7. The molecule has 0 bridgehead atoms. The van der Waals surface area contributed by atoms with Gasteiger partial charge in [0, 0.05) is 29.3 Å². The van der Waals surface area contributed by atoms with Gasteiger partial charge in [-0.1, -0.05) is 6.07 Å². The molecule has 2 aromatic rings. The lowest BCUT2D eigenvalue weighted by molar-refractivity contribution is 0.0500. The van der Waals surface area contributed by atoms with Crippen LogP contribution in [-0.2, 0) is 11.2 Å². The van der Waals surface area contributed by atoms with Crippen molar-refractivity contribution in [2.24, 2.45) is 0 Å². The Bertz CT molecular complexity index is 546. The number of aryl methyl sites for hydroxylation is 1. The lowest BCUT2D eigenvalue weighted by Gasteiger charge is -2.04. The van der Waals surface area contributed by atoms with Crippen LogP contribution in [0, 0.1) is 0 Å². The fourth-order valence-electron chi connectivity index (χ4n) is 1.59. The first kappa shape index (κ1) is 13.7. The van der Waals surface area contributed by atoms with Crippen molar-refractivity contribution in [2.75, 3.05) is 6.61 Å². The van der Waals surface area contributed by atoms with E-state index in [1.54, 1.807) is 18.5 Å². The molecule has 0 saturated heterocycles. The van der Waals surface area contributed by atoms with Gasteiger partial charge in [-0.05, 0) is 46.5 Å². The predicted octanol–water partition coefficient (Wildman–Crippen LogP) is 3.03. The van der Waals surface area contributed by atoms with Gasteiger partial charge < -0.3 is 4.74 Å². The average Bonchev–Trinajstić information content (AvgIpc) is 2.44. The molecule has 2 aromatic heterocycles. The number of carbonyl (C=O) groups is 1. The van der Waals surface area contributed by atoms with Gasteiger partial charge in [-0.3, -0.25) is 9.97 Å². The first-order valence-electron chi connectivity index (χ1n) is 5.92. The third-order valence-electron chi connectivity index (χ3n) is 2.51. The SMILES string of the molecule is O=C(OCCCc1cccnc1)c1cncc(Br)c1. The summed E-state index contributed by atoms with van der Waals surface area (Å²) in [5.74, 6) is -0.347. The van der Waals surface area contributed by atoms with E-state index in [2.05, 4.69) is 25.9 Å². The molecule has 19 heavy (non-hydrogen) atoms. The first-order chi connectivity index (χ1) is 9.25. The van der Waals surface area contributed by atoms with Crippen molar-refractivity contribution in [1.82, 2.24) is 9.97 Å². The van der Waals surface area contributed by atoms with Crippen molar-refractivity contribution in [1.29, 1.82) is 0 Å². The third-order valence-corrected chi connectivity index (χ3v) is 2.94. The molecule has 0 unspecified atom stereocenters. The highest BCUT2D eigenvalue weighted by Crippen LogP contribution is 2.10. The molecule has 0 aromatic carbocycles. The van der Waals surface area contributed by atoms with Crippen LogP contribution in [0.2, 0.25) is 0 Å². The maximum absolute atomic E-state index is 11.7. The molecule has 0 amide bonds. The number of carbonyl (C=O) groups excluding carboxylic acids is 1. The molecule has 0 aliphatic rings. The fourth-order valence-corrected chi connectivity index (χ4v) is 1.96. The topological polar surface area (TPSA) is 52.1 Å². The smallest absolute Gasteiger partial charge is 0.339 e. The van der Waals surface area contributed by atoms with Gasteiger partial charge in [0.2, 0.25) is 0 Å². The van der Waals surface area contributed by atoms with Crippen molar-refractivity contribution in [3.8, 4) is 0 Å². The highest BCUT2D eigenvalue weighted by molar-refractivity contribution is 9.10. The Morgan fingerprint density at radius 3 is 2.89 bits per heavy atom. The van der Waals surface area contributed by atoms with Gasteiger partial charge in [0.15, 0.2) is 0 Å². The van der Waals surface area contributed by atoms with Crippen LogP contribution in [0.1, 0.15) is 22.3 Å². The zero-order valence-electron chi connectivity index (χ0n) is 10.3. The first-order valence-corrected chi connectivity index (χ1v) is 6.71. The predicted molar refractivity (Wildman–Crippen MR) is 74.8 cm³/mol. The molecule has 0 aliphatic carbocycles. The van der Waals surface area contributed by atoms with E-state index in [0.717, 1.165) is 22.9 Å². The molecule has 0 N–H and O–H groups in total. The Hall–Kier alpha value is -1.75. The van der Waals surface area contributed by atoms with Crippen molar-refractivity contribution in [3.05, 3.63) is 58.6 Å². The molecule has 0 fully saturated rings. The summed E-state index contributed by atoms with van der Waals surface area (Å²) in [6, 6.07) is 5.60. The molecule has 0 atom stereocenters. The second-order valence-electron chi connectivity index (χ2n) is 3.99. The minimum absolute atomic E-state index is 0.347. The zero-order valence-corrected chi connectivity index (χ0v) is 11.8. The number of ether oxygens (including phenoxy) is 1. The fraction of sp³-hybridized carbons (Fsp3) is 0.214.